The summed E-state index contributed by atoms with van der Waals surface area (Å²) in [5, 5.41) is 14.6. The topological polar surface area (TPSA) is 84.9 Å². The number of benzene rings is 2. The van der Waals surface area contributed by atoms with Gasteiger partial charge in [0.2, 0.25) is 0 Å². The van der Waals surface area contributed by atoms with Gasteiger partial charge in [-0.25, -0.2) is 4.79 Å². The number of methoxy groups -OCH3 is 2. The van der Waals surface area contributed by atoms with E-state index >= 15 is 0 Å². The monoisotopic (exact) mass is 423 g/mol. The van der Waals surface area contributed by atoms with Crippen molar-refractivity contribution >= 4 is 11.9 Å². The largest absolute Gasteiger partial charge is 0.469 e. The Balaban J connectivity index is 2.04. The van der Waals surface area contributed by atoms with Gasteiger partial charge in [0.25, 0.3) is 0 Å². The molecule has 0 spiro atoms. The fourth-order valence-corrected chi connectivity index (χ4v) is 4.33. The van der Waals surface area contributed by atoms with Gasteiger partial charge in [-0.05, 0) is 24.5 Å². The molecule has 0 unspecified atom stereocenters. The van der Waals surface area contributed by atoms with Gasteiger partial charge in [0.15, 0.2) is 0 Å². The first-order valence-electron chi connectivity index (χ1n) is 10.3. The van der Waals surface area contributed by atoms with Crippen LogP contribution < -0.4 is 5.32 Å². The Morgan fingerprint density at radius 1 is 1.03 bits per heavy atom. The van der Waals surface area contributed by atoms with Crippen LogP contribution in [0.3, 0.4) is 0 Å². The molecular formula is C25H29NO5. The van der Waals surface area contributed by atoms with Crippen LogP contribution in [0.5, 0.6) is 0 Å². The van der Waals surface area contributed by atoms with Gasteiger partial charge in [0.05, 0.1) is 31.3 Å². The number of esters is 2. The first-order valence-corrected chi connectivity index (χ1v) is 10.3. The van der Waals surface area contributed by atoms with Crippen molar-refractivity contribution in [2.45, 2.75) is 31.3 Å². The molecule has 1 aliphatic carbocycles. The van der Waals surface area contributed by atoms with Crippen LogP contribution in [0.4, 0.5) is 0 Å². The highest BCUT2D eigenvalue weighted by molar-refractivity contribution is 5.93. The van der Waals surface area contributed by atoms with Crippen LogP contribution in [0.15, 0.2) is 71.9 Å². The van der Waals surface area contributed by atoms with Crippen LogP contribution >= 0.6 is 0 Å². The molecule has 2 aromatic rings. The highest BCUT2D eigenvalue weighted by Gasteiger charge is 2.52. The summed E-state index contributed by atoms with van der Waals surface area (Å²) in [6.07, 6.45) is 0.854. The maximum absolute atomic E-state index is 12.9. The fourth-order valence-electron chi connectivity index (χ4n) is 4.33. The maximum Gasteiger partial charge on any atom is 0.336 e. The standard InChI is InChI=1S/C25H29NO5/c1-25(29)16-19(26-15-14-17-10-6-4-7-11-17)21(23(27)30-2)20(22(25)24(28)31-3)18-12-8-5-9-13-18/h4-13,20,22,26,29H,14-16H2,1-3H3/t20-,22+,25+/m1/s1. The molecule has 1 aliphatic rings. The van der Waals surface area contributed by atoms with Crippen molar-refractivity contribution in [1.82, 2.24) is 5.32 Å². The van der Waals surface area contributed by atoms with Crippen molar-refractivity contribution in [2.75, 3.05) is 20.8 Å². The second-order valence-electron chi connectivity index (χ2n) is 7.97. The Kier molecular flexibility index (Phi) is 7.13. The zero-order valence-corrected chi connectivity index (χ0v) is 18.1. The third-order valence-electron chi connectivity index (χ3n) is 5.79. The number of rotatable bonds is 7. The van der Waals surface area contributed by atoms with Gasteiger partial charge in [-0.3, -0.25) is 4.79 Å². The normalized spacial score (nSPS) is 23.2. The van der Waals surface area contributed by atoms with Gasteiger partial charge in [-0.2, -0.15) is 0 Å². The number of aliphatic hydroxyl groups is 1. The van der Waals surface area contributed by atoms with Crippen LogP contribution in [0.2, 0.25) is 0 Å². The molecule has 3 atom stereocenters. The molecular weight excluding hydrogens is 394 g/mol. The lowest BCUT2D eigenvalue weighted by Gasteiger charge is -2.42. The van der Waals surface area contributed by atoms with Gasteiger partial charge < -0.3 is 19.9 Å². The summed E-state index contributed by atoms with van der Waals surface area (Å²) in [5.74, 6) is -2.75. The number of hydrogen-bond donors (Lipinski definition) is 2. The minimum absolute atomic E-state index is 0.106. The molecule has 0 aromatic heterocycles. The van der Waals surface area contributed by atoms with Crippen molar-refractivity contribution in [1.29, 1.82) is 0 Å². The Morgan fingerprint density at radius 2 is 1.65 bits per heavy atom. The Labute approximate surface area is 182 Å². The van der Waals surface area contributed by atoms with Gasteiger partial charge in [0, 0.05) is 24.6 Å². The number of hydrogen-bond acceptors (Lipinski definition) is 6. The fraction of sp³-hybridized carbons (Fsp3) is 0.360. The van der Waals surface area contributed by atoms with E-state index in [0.29, 0.717) is 17.8 Å². The number of carbonyl (C=O) groups is 2. The van der Waals surface area contributed by atoms with Crippen molar-refractivity contribution in [3.8, 4) is 0 Å². The summed E-state index contributed by atoms with van der Waals surface area (Å²) in [7, 11) is 2.61. The summed E-state index contributed by atoms with van der Waals surface area (Å²) in [6.45, 7) is 2.18. The highest BCUT2D eigenvalue weighted by Crippen LogP contribution is 2.47. The second-order valence-corrected chi connectivity index (χ2v) is 7.97. The molecule has 6 heteroatoms. The van der Waals surface area contributed by atoms with E-state index in [9.17, 15) is 14.7 Å². The molecule has 2 N–H and O–H groups in total. The minimum atomic E-state index is -1.42. The van der Waals surface area contributed by atoms with Crippen LogP contribution in [0.25, 0.3) is 0 Å². The molecule has 164 valence electrons. The van der Waals surface area contributed by atoms with E-state index < -0.39 is 29.4 Å². The molecule has 0 radical (unpaired) electrons. The van der Waals surface area contributed by atoms with Crippen LogP contribution in [0, 0.1) is 5.92 Å². The number of carbonyl (C=O) groups excluding carboxylic acids is 2. The molecule has 3 rings (SSSR count). The third kappa shape index (κ3) is 4.97. The molecule has 0 heterocycles. The first kappa shape index (κ1) is 22.6. The van der Waals surface area contributed by atoms with E-state index in [1.807, 2.05) is 60.7 Å². The number of nitrogens with one attached hydrogen (secondary N) is 1. The van der Waals surface area contributed by atoms with E-state index in [4.69, 9.17) is 9.47 Å². The summed E-state index contributed by atoms with van der Waals surface area (Å²) < 4.78 is 10.1. The van der Waals surface area contributed by atoms with E-state index in [0.717, 1.165) is 17.5 Å². The van der Waals surface area contributed by atoms with Crippen molar-refractivity contribution in [3.05, 3.63) is 83.1 Å². The molecule has 0 saturated carbocycles. The lowest BCUT2D eigenvalue weighted by atomic mass is 9.66. The van der Waals surface area contributed by atoms with Gasteiger partial charge in [-0.15, -0.1) is 0 Å². The zero-order valence-electron chi connectivity index (χ0n) is 18.1. The lowest BCUT2D eigenvalue weighted by molar-refractivity contribution is -0.157. The Hall–Kier alpha value is -3.12. The SMILES string of the molecule is COC(=O)C1=C(NCCc2ccccc2)C[C@](C)(O)[C@H](C(=O)OC)[C@@H]1c1ccccc1. The van der Waals surface area contributed by atoms with Crippen molar-refractivity contribution in [2.24, 2.45) is 5.92 Å². The van der Waals surface area contributed by atoms with Crippen LogP contribution in [-0.2, 0) is 25.5 Å². The highest BCUT2D eigenvalue weighted by atomic mass is 16.5. The second kappa shape index (κ2) is 9.79. The zero-order chi connectivity index (χ0) is 22.4. The summed E-state index contributed by atoms with van der Waals surface area (Å²) in [5.41, 5.74) is 1.41. The quantitative estimate of drug-likeness (QED) is 0.666. The molecule has 0 bridgehead atoms. The maximum atomic E-state index is 12.9. The predicted molar refractivity (Wildman–Crippen MR) is 117 cm³/mol. The third-order valence-corrected chi connectivity index (χ3v) is 5.79. The Bertz CT molecular complexity index is 937. The molecule has 0 fully saturated rings. The Morgan fingerprint density at radius 3 is 2.23 bits per heavy atom. The first-order chi connectivity index (χ1) is 14.9. The predicted octanol–water partition coefficient (Wildman–Crippen LogP) is 2.97. The van der Waals surface area contributed by atoms with E-state index in [2.05, 4.69) is 5.32 Å². The summed E-state index contributed by atoms with van der Waals surface area (Å²) in [6, 6.07) is 19.2. The minimum Gasteiger partial charge on any atom is -0.469 e. The molecule has 0 aliphatic heterocycles. The molecule has 6 nitrogen and oxygen atoms in total. The van der Waals surface area contributed by atoms with Crippen LogP contribution in [0.1, 0.15) is 30.4 Å². The number of ether oxygens (including phenoxy) is 2. The van der Waals surface area contributed by atoms with E-state index in [1.165, 1.54) is 14.2 Å². The average Bonchev–Trinajstić information content (AvgIpc) is 2.78. The molecule has 2 aromatic carbocycles. The van der Waals surface area contributed by atoms with Crippen molar-refractivity contribution < 1.29 is 24.2 Å². The summed E-state index contributed by atoms with van der Waals surface area (Å²) in [4.78, 5) is 25.7. The average molecular weight is 424 g/mol. The lowest BCUT2D eigenvalue weighted by Crippen LogP contribution is -2.50. The molecule has 0 amide bonds. The van der Waals surface area contributed by atoms with Crippen LogP contribution in [-0.4, -0.2) is 43.4 Å². The smallest absolute Gasteiger partial charge is 0.336 e. The summed E-state index contributed by atoms with van der Waals surface area (Å²) >= 11 is 0. The van der Waals surface area contributed by atoms with Gasteiger partial charge >= 0.3 is 11.9 Å². The van der Waals surface area contributed by atoms with Gasteiger partial charge in [0.1, 0.15) is 0 Å². The van der Waals surface area contributed by atoms with E-state index in [-0.39, 0.29) is 6.42 Å². The molecule has 31 heavy (non-hydrogen) atoms. The molecule has 0 saturated heterocycles. The van der Waals surface area contributed by atoms with Crippen molar-refractivity contribution in [3.63, 3.8) is 0 Å². The van der Waals surface area contributed by atoms with E-state index in [1.54, 1.807) is 6.92 Å². The van der Waals surface area contributed by atoms with Gasteiger partial charge in [-0.1, -0.05) is 60.7 Å².